The highest BCUT2D eigenvalue weighted by Crippen LogP contribution is 2.33. The largest absolute Gasteiger partial charge is 0.491 e. The Kier molecular flexibility index (Phi) is 8.10. The number of aromatic nitrogens is 1. The van der Waals surface area contributed by atoms with Crippen molar-refractivity contribution < 1.29 is 18.7 Å². The van der Waals surface area contributed by atoms with Gasteiger partial charge in [0.15, 0.2) is 0 Å². The van der Waals surface area contributed by atoms with Gasteiger partial charge in [-0.05, 0) is 45.1 Å². The van der Waals surface area contributed by atoms with Gasteiger partial charge >= 0.3 is 6.09 Å². The summed E-state index contributed by atoms with van der Waals surface area (Å²) >= 11 is 0. The molecular weight excluding hydrogens is 477 g/mol. The van der Waals surface area contributed by atoms with E-state index in [4.69, 9.17) is 14.5 Å². The maximum atomic E-state index is 12.8. The van der Waals surface area contributed by atoms with Gasteiger partial charge in [0, 0.05) is 55.8 Å². The quantitative estimate of drug-likeness (QED) is 0.587. The molecule has 1 aromatic rings. The van der Waals surface area contributed by atoms with Gasteiger partial charge in [0.2, 0.25) is 0 Å². The van der Waals surface area contributed by atoms with Crippen molar-refractivity contribution in [2.75, 3.05) is 57.4 Å². The highest BCUT2D eigenvalue weighted by molar-refractivity contribution is 5.91. The van der Waals surface area contributed by atoms with Crippen LogP contribution < -0.4 is 10.3 Å². The second-order valence-electron chi connectivity index (χ2n) is 9.75. The zero-order valence-electron chi connectivity index (χ0n) is 21.6. The van der Waals surface area contributed by atoms with Crippen molar-refractivity contribution in [2.45, 2.75) is 26.4 Å². The number of hydrogen-bond acceptors (Lipinski definition) is 9. The number of hydrogen-bond donors (Lipinski definition) is 1. The molecule has 1 aromatic heterocycles. The first kappa shape index (κ1) is 26.2. The minimum Gasteiger partial charge on any atom is -0.491 e. The number of halogens is 1. The molecule has 1 saturated heterocycles. The summed E-state index contributed by atoms with van der Waals surface area (Å²) in [5.41, 5.74) is 5.91. The molecule has 37 heavy (non-hydrogen) atoms. The lowest BCUT2D eigenvalue weighted by Gasteiger charge is -2.36. The predicted molar refractivity (Wildman–Crippen MR) is 142 cm³/mol. The third-order valence-corrected chi connectivity index (χ3v) is 5.98. The lowest BCUT2D eigenvalue weighted by atomic mass is 10.00. The molecule has 1 fully saturated rings. The topological polar surface area (TPSA) is 94.9 Å². The summed E-state index contributed by atoms with van der Waals surface area (Å²) in [7, 11) is 0. The van der Waals surface area contributed by atoms with Crippen molar-refractivity contribution in [3.05, 3.63) is 53.1 Å². The van der Waals surface area contributed by atoms with Gasteiger partial charge in [0.25, 0.3) is 0 Å². The smallest absolute Gasteiger partial charge is 0.410 e. The summed E-state index contributed by atoms with van der Waals surface area (Å²) in [5.74, 6) is 1.38. The summed E-state index contributed by atoms with van der Waals surface area (Å²) in [6.07, 6.45) is 7.01. The third-order valence-electron chi connectivity index (χ3n) is 5.98. The number of piperazine rings is 1. The second kappa shape index (κ2) is 11.4. The van der Waals surface area contributed by atoms with Gasteiger partial charge < -0.3 is 24.7 Å². The number of carbonyl (C=O) groups is 1. The van der Waals surface area contributed by atoms with Crippen LogP contribution in [0.4, 0.5) is 15.0 Å². The van der Waals surface area contributed by atoms with Crippen molar-refractivity contribution in [1.82, 2.24) is 20.3 Å². The van der Waals surface area contributed by atoms with Crippen LogP contribution in [0.3, 0.4) is 0 Å². The number of rotatable bonds is 6. The van der Waals surface area contributed by atoms with Gasteiger partial charge in [-0.25, -0.2) is 14.2 Å². The van der Waals surface area contributed by atoms with Gasteiger partial charge in [-0.3, -0.25) is 5.01 Å². The van der Waals surface area contributed by atoms with E-state index in [1.54, 1.807) is 22.3 Å². The Morgan fingerprint density at radius 2 is 2.03 bits per heavy atom. The molecule has 0 atom stereocenters. The van der Waals surface area contributed by atoms with Crippen molar-refractivity contribution in [3.63, 3.8) is 0 Å². The molecule has 1 N–H and O–H groups in total. The first-order valence-electron chi connectivity index (χ1n) is 12.3. The van der Waals surface area contributed by atoms with Crippen molar-refractivity contribution in [1.29, 1.82) is 0 Å². The standard InChI is InChI=1S/C26H34FN7O3/c1-26(2,3)37-25(35)33-12-10-32(11-13-33)23-6-5-19(16-29-23)22-15-21(36-14-8-27)7-9-34(28-4)24(22)20-17-30-31-18-20/h5-7,15-17,31H,4,8-14,18H2,1-3H3/b24-20-. The van der Waals surface area contributed by atoms with Crippen LogP contribution in [-0.2, 0) is 9.47 Å². The molecule has 3 aliphatic rings. The van der Waals surface area contributed by atoms with E-state index in [1.807, 2.05) is 45.1 Å². The SMILES string of the molecule is C=NN1CC=C(OCCF)C=C(c2ccc(N3CCN(C(=O)OC(C)(C)C)CC3)nc2)/C1=C1\C=NNC1. The number of allylic oxidation sites excluding steroid dienone is 2. The van der Waals surface area contributed by atoms with Crippen LogP contribution in [0.2, 0.25) is 0 Å². The molecule has 0 saturated carbocycles. The molecule has 0 bridgehead atoms. The molecule has 198 valence electrons. The van der Waals surface area contributed by atoms with E-state index in [0.29, 0.717) is 45.0 Å². The molecule has 0 aromatic carbocycles. The van der Waals surface area contributed by atoms with E-state index in [2.05, 4.69) is 27.2 Å². The Morgan fingerprint density at radius 1 is 1.24 bits per heavy atom. The van der Waals surface area contributed by atoms with Crippen LogP contribution in [0.25, 0.3) is 5.57 Å². The van der Waals surface area contributed by atoms with Gasteiger partial charge in [0.1, 0.15) is 30.5 Å². The monoisotopic (exact) mass is 511 g/mol. The van der Waals surface area contributed by atoms with Crippen LogP contribution in [0.5, 0.6) is 0 Å². The van der Waals surface area contributed by atoms with E-state index in [-0.39, 0.29) is 12.7 Å². The number of alkyl halides is 1. The number of nitrogens with zero attached hydrogens (tertiary/aromatic N) is 6. The zero-order chi connectivity index (χ0) is 26.4. The minimum atomic E-state index is -0.577. The number of amides is 1. The number of ether oxygens (including phenoxy) is 2. The first-order chi connectivity index (χ1) is 17.8. The van der Waals surface area contributed by atoms with E-state index < -0.39 is 12.3 Å². The summed E-state index contributed by atoms with van der Waals surface area (Å²) in [6.45, 7) is 12.1. The highest BCUT2D eigenvalue weighted by Gasteiger charge is 2.27. The summed E-state index contributed by atoms with van der Waals surface area (Å²) in [6, 6.07) is 3.96. The van der Waals surface area contributed by atoms with Gasteiger partial charge in [-0.2, -0.15) is 10.2 Å². The van der Waals surface area contributed by atoms with Crippen LogP contribution >= 0.6 is 0 Å². The molecule has 3 aliphatic heterocycles. The Bertz CT molecular complexity index is 1110. The van der Waals surface area contributed by atoms with Gasteiger partial charge in [-0.1, -0.05) is 0 Å². The van der Waals surface area contributed by atoms with E-state index in [9.17, 15) is 9.18 Å². The fourth-order valence-electron chi connectivity index (χ4n) is 4.24. The fraction of sp³-hybridized carbons (Fsp3) is 0.462. The Morgan fingerprint density at radius 3 is 2.62 bits per heavy atom. The van der Waals surface area contributed by atoms with E-state index in [1.165, 1.54) is 0 Å². The Labute approximate surface area is 216 Å². The van der Waals surface area contributed by atoms with Crippen molar-refractivity contribution in [3.8, 4) is 0 Å². The first-order valence-corrected chi connectivity index (χ1v) is 12.3. The average molecular weight is 512 g/mol. The van der Waals surface area contributed by atoms with Crippen molar-refractivity contribution >= 4 is 30.4 Å². The molecule has 4 rings (SSSR count). The number of nitrogens with one attached hydrogen (secondary N) is 1. The maximum Gasteiger partial charge on any atom is 0.410 e. The number of carbonyl (C=O) groups excluding carboxylic acids is 1. The minimum absolute atomic E-state index is 0.0293. The number of pyridine rings is 1. The van der Waals surface area contributed by atoms with E-state index >= 15 is 0 Å². The third kappa shape index (κ3) is 6.46. The average Bonchev–Trinajstić information content (AvgIpc) is 3.35. The number of anilines is 1. The van der Waals surface area contributed by atoms with Gasteiger partial charge in [-0.15, -0.1) is 0 Å². The molecule has 0 radical (unpaired) electrons. The van der Waals surface area contributed by atoms with Crippen LogP contribution in [0.1, 0.15) is 26.3 Å². The molecule has 0 spiro atoms. The van der Waals surface area contributed by atoms with Crippen LogP contribution in [0.15, 0.2) is 57.7 Å². The lowest BCUT2D eigenvalue weighted by Crippen LogP contribution is -2.50. The molecule has 0 unspecified atom stereocenters. The highest BCUT2D eigenvalue weighted by atomic mass is 19.1. The normalized spacial score (nSPS) is 20.2. The zero-order valence-corrected chi connectivity index (χ0v) is 21.6. The fourth-order valence-corrected chi connectivity index (χ4v) is 4.24. The summed E-state index contributed by atoms with van der Waals surface area (Å²) < 4.78 is 23.9. The van der Waals surface area contributed by atoms with Crippen LogP contribution in [-0.4, -0.2) is 92.1 Å². The Balaban J connectivity index is 1.55. The molecule has 4 heterocycles. The molecule has 0 aliphatic carbocycles. The maximum absolute atomic E-state index is 12.8. The molecule has 10 nitrogen and oxygen atoms in total. The van der Waals surface area contributed by atoms with E-state index in [0.717, 1.165) is 28.2 Å². The number of hydrazone groups is 2. The predicted octanol–water partition coefficient (Wildman–Crippen LogP) is 3.17. The Hall–Kier alpha value is -3.89. The molecule has 11 heteroatoms. The summed E-state index contributed by atoms with van der Waals surface area (Å²) in [4.78, 5) is 21.0. The van der Waals surface area contributed by atoms with Gasteiger partial charge in [0.05, 0.1) is 25.0 Å². The molecule has 1 amide bonds. The van der Waals surface area contributed by atoms with Crippen LogP contribution in [0, 0.1) is 0 Å². The second-order valence-corrected chi connectivity index (χ2v) is 9.75. The lowest BCUT2D eigenvalue weighted by molar-refractivity contribution is 0.0240. The van der Waals surface area contributed by atoms with Crippen molar-refractivity contribution in [2.24, 2.45) is 10.2 Å². The summed E-state index contributed by atoms with van der Waals surface area (Å²) in [5, 5.41) is 10.1. The molecular formula is C26H34FN7O3.